The first-order chi connectivity index (χ1) is 7.36. The Balaban J connectivity index is 2.33. The summed E-state index contributed by atoms with van der Waals surface area (Å²) in [6.45, 7) is 1.37. The molecule has 0 fully saturated rings. The van der Waals surface area contributed by atoms with Crippen molar-refractivity contribution in [3.63, 3.8) is 0 Å². The fraction of sp³-hybridized carbons (Fsp3) is 0.417. The molecule has 0 aromatic heterocycles. The second-order valence-electron chi connectivity index (χ2n) is 3.17. The summed E-state index contributed by atoms with van der Waals surface area (Å²) < 4.78 is 10.4. The van der Waals surface area contributed by atoms with E-state index in [9.17, 15) is 0 Å². The molecule has 0 atom stereocenters. The van der Waals surface area contributed by atoms with Gasteiger partial charge in [0.2, 0.25) is 0 Å². The van der Waals surface area contributed by atoms with Gasteiger partial charge in [-0.15, -0.1) is 0 Å². The van der Waals surface area contributed by atoms with Crippen LogP contribution in [-0.2, 0) is 11.2 Å². The first-order valence-corrected chi connectivity index (χ1v) is 4.94. The summed E-state index contributed by atoms with van der Waals surface area (Å²) in [6, 6.07) is 9.71. The highest BCUT2D eigenvalue weighted by Gasteiger charge is 1.95. The number of benzene rings is 1. The Morgan fingerprint density at radius 1 is 1.20 bits per heavy atom. The Labute approximate surface area is 90.2 Å². The molecule has 0 radical (unpaired) electrons. The molecule has 80 valence electrons. The van der Waals surface area contributed by atoms with Gasteiger partial charge in [0.1, 0.15) is 5.75 Å². The minimum atomic E-state index is 0.448. The van der Waals surface area contributed by atoms with E-state index >= 15 is 0 Å². The largest absolute Gasteiger partial charge is 0.494 e. The average molecular weight is 205 g/mol. The smallest absolute Gasteiger partial charge is 0.119 e. The predicted octanol–water partition coefficient (Wildman–Crippen LogP) is 2.17. The average Bonchev–Trinajstić information content (AvgIpc) is 2.27. The second kappa shape index (κ2) is 6.86. The van der Waals surface area contributed by atoms with Gasteiger partial charge in [-0.2, -0.15) is 5.26 Å². The van der Waals surface area contributed by atoms with E-state index in [0.717, 1.165) is 17.7 Å². The summed E-state index contributed by atoms with van der Waals surface area (Å²) in [5.41, 5.74) is 1.02. The fourth-order valence-corrected chi connectivity index (χ4v) is 1.19. The lowest BCUT2D eigenvalue weighted by Gasteiger charge is -2.05. The predicted molar refractivity (Wildman–Crippen MR) is 57.7 cm³/mol. The zero-order chi connectivity index (χ0) is 10.9. The van der Waals surface area contributed by atoms with Crippen molar-refractivity contribution in [3.8, 4) is 11.8 Å². The quantitative estimate of drug-likeness (QED) is 0.668. The molecule has 1 aromatic carbocycles. The zero-order valence-electron chi connectivity index (χ0n) is 8.90. The van der Waals surface area contributed by atoms with Crippen LogP contribution in [0.2, 0.25) is 0 Å². The third-order valence-electron chi connectivity index (χ3n) is 1.97. The molecule has 0 bridgehead atoms. The normalized spacial score (nSPS) is 9.60. The highest BCUT2D eigenvalue weighted by molar-refractivity contribution is 5.28. The van der Waals surface area contributed by atoms with Crippen LogP contribution in [-0.4, -0.2) is 20.3 Å². The van der Waals surface area contributed by atoms with Crippen molar-refractivity contribution in [1.82, 2.24) is 0 Å². The number of methoxy groups -OCH3 is 1. The molecule has 0 spiro atoms. The van der Waals surface area contributed by atoms with Crippen LogP contribution in [0.3, 0.4) is 0 Å². The summed E-state index contributed by atoms with van der Waals surface area (Å²) in [4.78, 5) is 0. The molecule has 0 unspecified atom stereocenters. The van der Waals surface area contributed by atoms with E-state index in [4.69, 9.17) is 14.7 Å². The van der Waals surface area contributed by atoms with E-state index in [1.54, 1.807) is 7.11 Å². The van der Waals surface area contributed by atoms with Crippen molar-refractivity contribution < 1.29 is 9.47 Å². The second-order valence-corrected chi connectivity index (χ2v) is 3.17. The van der Waals surface area contributed by atoms with Crippen LogP contribution in [0.5, 0.6) is 5.75 Å². The molecule has 0 N–H and O–H groups in total. The van der Waals surface area contributed by atoms with Crippen LogP contribution in [0, 0.1) is 11.3 Å². The Hall–Kier alpha value is -1.53. The van der Waals surface area contributed by atoms with E-state index in [-0.39, 0.29) is 0 Å². The number of nitrogens with zero attached hydrogens (tertiary/aromatic N) is 1. The lowest BCUT2D eigenvalue weighted by molar-refractivity contribution is 0.172. The van der Waals surface area contributed by atoms with Gasteiger partial charge in [0.15, 0.2) is 0 Å². The Morgan fingerprint density at radius 2 is 1.93 bits per heavy atom. The molecule has 0 amide bonds. The van der Waals surface area contributed by atoms with Crippen molar-refractivity contribution in [2.75, 3.05) is 20.3 Å². The Kier molecular flexibility index (Phi) is 5.28. The van der Waals surface area contributed by atoms with Crippen molar-refractivity contribution in [2.45, 2.75) is 12.8 Å². The van der Waals surface area contributed by atoms with Gasteiger partial charge in [-0.25, -0.2) is 0 Å². The lowest BCUT2D eigenvalue weighted by atomic mass is 10.2. The van der Waals surface area contributed by atoms with Crippen LogP contribution in [0.4, 0.5) is 0 Å². The number of rotatable bonds is 6. The van der Waals surface area contributed by atoms with Gasteiger partial charge in [0, 0.05) is 20.1 Å². The summed E-state index contributed by atoms with van der Waals surface area (Å²) in [6.07, 6.45) is 1.33. The number of ether oxygens (including phenoxy) is 2. The highest BCUT2D eigenvalue weighted by atomic mass is 16.5. The first-order valence-electron chi connectivity index (χ1n) is 4.94. The molecule has 0 aliphatic heterocycles. The molecular formula is C12H15NO2. The van der Waals surface area contributed by atoms with E-state index in [1.807, 2.05) is 24.3 Å². The molecule has 0 aliphatic rings. The number of hydrogen-bond acceptors (Lipinski definition) is 3. The summed E-state index contributed by atoms with van der Waals surface area (Å²) in [5.74, 6) is 0.841. The summed E-state index contributed by atoms with van der Waals surface area (Å²) in [7, 11) is 1.68. The van der Waals surface area contributed by atoms with Gasteiger partial charge in [0.25, 0.3) is 0 Å². The SMILES string of the molecule is COCCCOc1ccc(CC#N)cc1. The van der Waals surface area contributed by atoms with Gasteiger partial charge in [-0.05, 0) is 17.7 Å². The van der Waals surface area contributed by atoms with Crippen molar-refractivity contribution in [3.05, 3.63) is 29.8 Å². The molecule has 1 aromatic rings. The van der Waals surface area contributed by atoms with Gasteiger partial charge >= 0.3 is 0 Å². The number of nitriles is 1. The monoisotopic (exact) mass is 205 g/mol. The lowest BCUT2D eigenvalue weighted by Crippen LogP contribution is -2.01. The maximum absolute atomic E-state index is 8.49. The molecule has 0 aliphatic carbocycles. The highest BCUT2D eigenvalue weighted by Crippen LogP contribution is 2.12. The maximum atomic E-state index is 8.49. The fourth-order valence-electron chi connectivity index (χ4n) is 1.19. The molecule has 15 heavy (non-hydrogen) atoms. The van der Waals surface area contributed by atoms with Crippen LogP contribution >= 0.6 is 0 Å². The van der Waals surface area contributed by atoms with Crippen LogP contribution in [0.15, 0.2) is 24.3 Å². The minimum Gasteiger partial charge on any atom is -0.494 e. The first kappa shape index (κ1) is 11.5. The van der Waals surface area contributed by atoms with Crippen LogP contribution in [0.25, 0.3) is 0 Å². The summed E-state index contributed by atoms with van der Waals surface area (Å²) in [5, 5.41) is 8.49. The molecule has 0 saturated carbocycles. The van der Waals surface area contributed by atoms with E-state index in [2.05, 4.69) is 6.07 Å². The zero-order valence-corrected chi connectivity index (χ0v) is 8.90. The Bertz CT molecular complexity index is 313. The van der Waals surface area contributed by atoms with E-state index in [1.165, 1.54) is 0 Å². The van der Waals surface area contributed by atoms with E-state index < -0.39 is 0 Å². The number of hydrogen-bond donors (Lipinski definition) is 0. The molecule has 0 saturated heterocycles. The topological polar surface area (TPSA) is 42.2 Å². The van der Waals surface area contributed by atoms with Crippen molar-refractivity contribution >= 4 is 0 Å². The maximum Gasteiger partial charge on any atom is 0.119 e. The van der Waals surface area contributed by atoms with E-state index in [0.29, 0.717) is 19.6 Å². The minimum absolute atomic E-state index is 0.448. The van der Waals surface area contributed by atoms with Gasteiger partial charge in [-0.1, -0.05) is 12.1 Å². The molecule has 3 heteroatoms. The molecule has 1 rings (SSSR count). The Morgan fingerprint density at radius 3 is 2.53 bits per heavy atom. The summed E-state index contributed by atoms with van der Waals surface area (Å²) >= 11 is 0. The van der Waals surface area contributed by atoms with Crippen molar-refractivity contribution in [1.29, 1.82) is 5.26 Å². The third-order valence-corrected chi connectivity index (χ3v) is 1.97. The molecule has 3 nitrogen and oxygen atoms in total. The van der Waals surface area contributed by atoms with Gasteiger partial charge in [-0.3, -0.25) is 0 Å². The van der Waals surface area contributed by atoms with Gasteiger partial charge < -0.3 is 9.47 Å². The standard InChI is InChI=1S/C12H15NO2/c1-14-9-2-10-15-12-5-3-11(4-6-12)7-8-13/h3-6H,2,7,9-10H2,1H3. The van der Waals surface area contributed by atoms with Crippen LogP contribution < -0.4 is 4.74 Å². The van der Waals surface area contributed by atoms with Crippen LogP contribution in [0.1, 0.15) is 12.0 Å². The van der Waals surface area contributed by atoms with Gasteiger partial charge in [0.05, 0.1) is 19.1 Å². The molecular weight excluding hydrogens is 190 g/mol. The molecule has 0 heterocycles. The van der Waals surface area contributed by atoms with Crippen molar-refractivity contribution in [2.24, 2.45) is 0 Å². The third kappa shape index (κ3) is 4.48.